The van der Waals surface area contributed by atoms with Crippen LogP contribution in [-0.4, -0.2) is 57.3 Å². The van der Waals surface area contributed by atoms with Crippen LogP contribution in [0.25, 0.3) is 0 Å². The van der Waals surface area contributed by atoms with Crippen molar-refractivity contribution in [3.8, 4) is 11.5 Å². The monoisotopic (exact) mass is 476 g/mol. The van der Waals surface area contributed by atoms with Crippen LogP contribution in [0.5, 0.6) is 11.5 Å². The summed E-state index contributed by atoms with van der Waals surface area (Å²) < 4.78 is 11.4. The maximum atomic E-state index is 5.73. The number of hydrogen-bond donors (Lipinski definition) is 2. The number of unbranched alkanes of at least 4 members (excludes halogenated alkanes) is 1. The molecule has 0 aliphatic carbocycles. The number of rotatable bonds is 7. The van der Waals surface area contributed by atoms with Gasteiger partial charge in [-0.15, -0.1) is 24.0 Å². The Kier molecular flexibility index (Phi) is 10.7. The summed E-state index contributed by atoms with van der Waals surface area (Å²) in [4.78, 5) is 6.65. The summed E-state index contributed by atoms with van der Waals surface area (Å²) >= 11 is 0. The molecule has 0 saturated carbocycles. The molecule has 148 valence electrons. The molecule has 0 saturated heterocycles. The van der Waals surface area contributed by atoms with Crippen LogP contribution >= 0.6 is 24.0 Å². The maximum Gasteiger partial charge on any atom is 0.195 e. The summed E-state index contributed by atoms with van der Waals surface area (Å²) in [5, 5.41) is 6.67. The Hall–Kier alpha value is -1.22. The van der Waals surface area contributed by atoms with Gasteiger partial charge in [0.15, 0.2) is 17.5 Å². The van der Waals surface area contributed by atoms with Gasteiger partial charge in [-0.05, 0) is 52.4 Å². The van der Waals surface area contributed by atoms with Gasteiger partial charge in [0.05, 0.1) is 13.2 Å². The lowest BCUT2D eigenvalue weighted by Gasteiger charge is -2.20. The Morgan fingerprint density at radius 3 is 2.62 bits per heavy atom. The van der Waals surface area contributed by atoms with Crippen LogP contribution < -0.4 is 20.1 Å². The molecule has 2 rings (SSSR count). The van der Waals surface area contributed by atoms with Crippen LogP contribution in [0.4, 0.5) is 5.69 Å². The first-order chi connectivity index (χ1) is 12.1. The largest absolute Gasteiger partial charge is 0.490 e. The van der Waals surface area contributed by atoms with E-state index in [0.29, 0.717) is 19.3 Å². The van der Waals surface area contributed by atoms with Crippen molar-refractivity contribution in [2.75, 3.05) is 45.7 Å². The number of guanidine groups is 1. The van der Waals surface area contributed by atoms with E-state index in [1.54, 1.807) is 7.05 Å². The zero-order valence-corrected chi connectivity index (χ0v) is 18.7. The number of nitrogens with zero attached hydrogens (tertiary/aromatic N) is 2. The first kappa shape index (κ1) is 22.8. The van der Waals surface area contributed by atoms with Gasteiger partial charge in [-0.2, -0.15) is 0 Å². The fraction of sp³-hybridized carbons (Fsp3) is 0.632. The van der Waals surface area contributed by atoms with Crippen molar-refractivity contribution in [2.24, 2.45) is 4.99 Å². The molecule has 0 bridgehead atoms. The van der Waals surface area contributed by atoms with E-state index in [-0.39, 0.29) is 24.0 Å². The number of aliphatic imine (C=N–C) groups is 1. The lowest BCUT2D eigenvalue weighted by atomic mass is 10.2. The van der Waals surface area contributed by atoms with Crippen LogP contribution in [0.1, 0.15) is 33.1 Å². The van der Waals surface area contributed by atoms with Crippen molar-refractivity contribution < 1.29 is 9.47 Å². The zero-order chi connectivity index (χ0) is 18.1. The Morgan fingerprint density at radius 1 is 1.19 bits per heavy atom. The summed E-state index contributed by atoms with van der Waals surface area (Å²) in [7, 11) is 3.95. The number of nitrogens with one attached hydrogen (secondary N) is 2. The SMILES string of the molecule is CN=C(NCCCCN(C)C(C)C)Nc1ccc2c(c1)OCCCO2.I. The quantitative estimate of drug-likeness (QED) is 0.273. The minimum atomic E-state index is 0. The van der Waals surface area contributed by atoms with Gasteiger partial charge in [0.25, 0.3) is 0 Å². The van der Waals surface area contributed by atoms with Gasteiger partial charge in [0, 0.05) is 37.8 Å². The summed E-state index contributed by atoms with van der Waals surface area (Å²) in [6, 6.07) is 6.49. The first-order valence-corrected chi connectivity index (χ1v) is 9.17. The number of halogens is 1. The average Bonchev–Trinajstić information content (AvgIpc) is 2.84. The molecule has 1 heterocycles. The Bertz CT molecular complexity index is 566. The van der Waals surface area contributed by atoms with Crippen LogP contribution in [0.2, 0.25) is 0 Å². The zero-order valence-electron chi connectivity index (χ0n) is 16.4. The van der Waals surface area contributed by atoms with Crippen molar-refractivity contribution >= 4 is 35.6 Å². The van der Waals surface area contributed by atoms with E-state index in [4.69, 9.17) is 9.47 Å². The minimum absolute atomic E-state index is 0. The third-order valence-electron chi connectivity index (χ3n) is 4.35. The molecule has 26 heavy (non-hydrogen) atoms. The van der Waals surface area contributed by atoms with Gasteiger partial charge in [0.1, 0.15) is 0 Å². The Balaban J connectivity index is 0.00000338. The lowest BCUT2D eigenvalue weighted by Crippen LogP contribution is -2.32. The highest BCUT2D eigenvalue weighted by Crippen LogP contribution is 2.32. The first-order valence-electron chi connectivity index (χ1n) is 9.17. The molecule has 0 unspecified atom stereocenters. The molecule has 1 aliphatic rings. The number of benzene rings is 1. The molecule has 2 N–H and O–H groups in total. The second-order valence-electron chi connectivity index (χ2n) is 6.62. The lowest BCUT2D eigenvalue weighted by molar-refractivity contribution is 0.268. The molecule has 0 aromatic heterocycles. The summed E-state index contributed by atoms with van der Waals surface area (Å²) in [6.45, 7) is 7.85. The minimum Gasteiger partial charge on any atom is -0.490 e. The van der Waals surface area contributed by atoms with E-state index in [0.717, 1.165) is 49.1 Å². The molecule has 7 heteroatoms. The molecule has 1 aromatic rings. The van der Waals surface area contributed by atoms with E-state index >= 15 is 0 Å². The third kappa shape index (κ3) is 7.57. The van der Waals surface area contributed by atoms with Gasteiger partial charge < -0.3 is 25.0 Å². The Morgan fingerprint density at radius 2 is 1.92 bits per heavy atom. The highest BCUT2D eigenvalue weighted by molar-refractivity contribution is 14.0. The van der Waals surface area contributed by atoms with E-state index in [2.05, 4.69) is 41.4 Å². The summed E-state index contributed by atoms with van der Waals surface area (Å²) in [6.07, 6.45) is 3.19. The normalized spacial score (nSPS) is 14.0. The number of ether oxygens (including phenoxy) is 2. The predicted octanol–water partition coefficient (Wildman–Crippen LogP) is 3.57. The third-order valence-corrected chi connectivity index (χ3v) is 4.35. The van der Waals surface area contributed by atoms with Gasteiger partial charge in [-0.25, -0.2) is 0 Å². The molecule has 0 radical (unpaired) electrons. The summed E-state index contributed by atoms with van der Waals surface area (Å²) in [5.41, 5.74) is 0.942. The molecular weight excluding hydrogens is 443 g/mol. The van der Waals surface area contributed by atoms with Gasteiger partial charge in [0.2, 0.25) is 0 Å². The number of fused-ring (bicyclic) bond motifs is 1. The molecule has 6 nitrogen and oxygen atoms in total. The highest BCUT2D eigenvalue weighted by Gasteiger charge is 2.11. The molecule has 0 amide bonds. The molecule has 1 aliphatic heterocycles. The molecule has 1 aromatic carbocycles. The van der Waals surface area contributed by atoms with Crippen LogP contribution in [0.3, 0.4) is 0 Å². The Labute approximate surface area is 174 Å². The fourth-order valence-corrected chi connectivity index (χ4v) is 2.51. The topological polar surface area (TPSA) is 58.1 Å². The molecule has 0 atom stereocenters. The van der Waals surface area contributed by atoms with E-state index in [9.17, 15) is 0 Å². The fourth-order valence-electron chi connectivity index (χ4n) is 2.51. The van der Waals surface area contributed by atoms with E-state index in [1.807, 2.05) is 18.2 Å². The van der Waals surface area contributed by atoms with Crippen LogP contribution in [-0.2, 0) is 0 Å². The van der Waals surface area contributed by atoms with Crippen LogP contribution in [0, 0.1) is 0 Å². The second-order valence-corrected chi connectivity index (χ2v) is 6.62. The predicted molar refractivity (Wildman–Crippen MR) is 119 cm³/mol. The maximum absolute atomic E-state index is 5.73. The van der Waals surface area contributed by atoms with E-state index in [1.165, 1.54) is 6.42 Å². The van der Waals surface area contributed by atoms with Crippen LogP contribution in [0.15, 0.2) is 23.2 Å². The summed E-state index contributed by atoms with van der Waals surface area (Å²) in [5.74, 6) is 2.36. The standard InChI is InChI=1S/C19H32N4O2.HI/c1-15(2)23(4)11-6-5-10-21-19(20-3)22-16-8-9-17-18(14-16)25-13-7-12-24-17;/h8-9,14-15H,5-7,10-13H2,1-4H3,(H2,20,21,22);1H. The number of anilines is 1. The van der Waals surface area contributed by atoms with Crippen molar-refractivity contribution in [3.05, 3.63) is 18.2 Å². The second kappa shape index (κ2) is 12.2. The smallest absolute Gasteiger partial charge is 0.195 e. The van der Waals surface area contributed by atoms with Crippen molar-refractivity contribution in [1.29, 1.82) is 0 Å². The highest BCUT2D eigenvalue weighted by atomic mass is 127. The molecule has 0 fully saturated rings. The average molecular weight is 476 g/mol. The molecule has 0 spiro atoms. The number of hydrogen-bond acceptors (Lipinski definition) is 4. The van der Waals surface area contributed by atoms with E-state index < -0.39 is 0 Å². The van der Waals surface area contributed by atoms with Crippen molar-refractivity contribution in [2.45, 2.75) is 39.2 Å². The van der Waals surface area contributed by atoms with Gasteiger partial charge in [-0.1, -0.05) is 0 Å². The molecular formula is C19H33IN4O2. The van der Waals surface area contributed by atoms with Crippen molar-refractivity contribution in [3.63, 3.8) is 0 Å². The van der Waals surface area contributed by atoms with Crippen molar-refractivity contribution in [1.82, 2.24) is 10.2 Å². The van der Waals surface area contributed by atoms with Gasteiger partial charge in [-0.3, -0.25) is 4.99 Å². The van der Waals surface area contributed by atoms with Gasteiger partial charge >= 0.3 is 0 Å².